The molecule has 178 valence electrons. The van der Waals surface area contributed by atoms with Crippen molar-refractivity contribution >= 4 is 45.1 Å². The number of alkyl halides is 1. The molecule has 4 heterocycles. The van der Waals surface area contributed by atoms with E-state index in [0.29, 0.717) is 13.2 Å². The first-order valence-electron chi connectivity index (χ1n) is 11.6. The first-order valence-corrected chi connectivity index (χ1v) is 12.8. The highest BCUT2D eigenvalue weighted by Crippen LogP contribution is 2.38. The SMILES string of the molecule is Cc1ncc(-c2ccc3ncc4cc3c2OCC(I)CN(C)C(=O)[C@@H]2C[C@H](CCN2C)N4)cn1. The molecule has 8 nitrogen and oxygen atoms in total. The minimum Gasteiger partial charge on any atom is -0.491 e. The Morgan fingerprint density at radius 2 is 1.94 bits per heavy atom. The van der Waals surface area contributed by atoms with E-state index in [9.17, 15) is 4.79 Å². The van der Waals surface area contributed by atoms with Gasteiger partial charge < -0.3 is 15.0 Å². The van der Waals surface area contributed by atoms with Gasteiger partial charge >= 0.3 is 0 Å². The zero-order valence-electron chi connectivity index (χ0n) is 19.7. The van der Waals surface area contributed by atoms with E-state index >= 15 is 0 Å². The van der Waals surface area contributed by atoms with Crippen molar-refractivity contribution in [1.29, 1.82) is 0 Å². The molecule has 0 spiro atoms. The summed E-state index contributed by atoms with van der Waals surface area (Å²) in [5.41, 5.74) is 3.65. The summed E-state index contributed by atoms with van der Waals surface area (Å²) < 4.78 is 6.59. The van der Waals surface area contributed by atoms with Crippen molar-refractivity contribution in [2.75, 3.05) is 39.1 Å². The molecule has 1 unspecified atom stereocenters. The van der Waals surface area contributed by atoms with Crippen LogP contribution in [0, 0.1) is 6.92 Å². The fourth-order valence-electron chi connectivity index (χ4n) is 4.77. The Morgan fingerprint density at radius 3 is 2.74 bits per heavy atom. The lowest BCUT2D eigenvalue weighted by molar-refractivity contribution is -0.136. The molecule has 0 saturated carbocycles. The molecule has 1 fully saturated rings. The molecule has 1 N–H and O–H groups in total. The molecule has 1 amide bonds. The van der Waals surface area contributed by atoms with E-state index in [1.165, 1.54) is 0 Å². The van der Waals surface area contributed by atoms with E-state index in [1.54, 1.807) is 0 Å². The van der Waals surface area contributed by atoms with E-state index in [2.05, 4.69) is 48.8 Å². The van der Waals surface area contributed by atoms with E-state index in [1.807, 2.05) is 56.6 Å². The number of hydrogen-bond acceptors (Lipinski definition) is 7. The highest BCUT2D eigenvalue weighted by molar-refractivity contribution is 14.1. The number of ether oxygens (including phenoxy) is 1. The number of carbonyl (C=O) groups excluding carboxylic acids is 1. The van der Waals surface area contributed by atoms with Crippen LogP contribution in [0.5, 0.6) is 5.75 Å². The van der Waals surface area contributed by atoms with Gasteiger partial charge in [0.15, 0.2) is 0 Å². The number of aryl methyl sites for hydroxylation is 1. The maximum absolute atomic E-state index is 13.3. The predicted octanol–water partition coefficient (Wildman–Crippen LogP) is 3.53. The first kappa shape index (κ1) is 23.2. The summed E-state index contributed by atoms with van der Waals surface area (Å²) in [5.74, 6) is 1.67. The minimum atomic E-state index is -0.124. The Labute approximate surface area is 213 Å². The van der Waals surface area contributed by atoms with Crippen molar-refractivity contribution in [1.82, 2.24) is 24.8 Å². The Bertz CT molecular complexity index is 1200. The average Bonchev–Trinajstić information content (AvgIpc) is 2.83. The van der Waals surface area contributed by atoms with Crippen LogP contribution < -0.4 is 10.1 Å². The van der Waals surface area contributed by atoms with Crippen LogP contribution in [0.2, 0.25) is 0 Å². The number of carbonyl (C=O) groups is 1. The lowest BCUT2D eigenvalue weighted by atomic mass is 9.96. The quantitative estimate of drug-likeness (QED) is 0.353. The number of pyridine rings is 1. The minimum absolute atomic E-state index is 0.124. The largest absolute Gasteiger partial charge is 0.491 e. The van der Waals surface area contributed by atoms with E-state index in [4.69, 9.17) is 9.72 Å². The van der Waals surface area contributed by atoms with Crippen molar-refractivity contribution in [3.8, 4) is 16.9 Å². The van der Waals surface area contributed by atoms with Crippen LogP contribution in [0.4, 0.5) is 5.69 Å². The smallest absolute Gasteiger partial charge is 0.239 e. The number of nitrogens with one attached hydrogen (secondary N) is 1. The molecule has 4 bridgehead atoms. The van der Waals surface area contributed by atoms with Gasteiger partial charge in [-0.25, -0.2) is 9.97 Å². The fraction of sp³-hybridized carbons (Fsp3) is 0.440. The van der Waals surface area contributed by atoms with Crippen LogP contribution in [0.15, 0.2) is 36.8 Å². The molecule has 2 aliphatic heterocycles. The summed E-state index contributed by atoms with van der Waals surface area (Å²) in [6.07, 6.45) is 7.28. The Balaban J connectivity index is 1.60. The van der Waals surface area contributed by atoms with Crippen LogP contribution in [0.3, 0.4) is 0 Å². The number of benzene rings is 1. The number of piperidine rings is 1. The molecule has 9 heteroatoms. The van der Waals surface area contributed by atoms with Gasteiger partial charge in [-0.15, -0.1) is 0 Å². The van der Waals surface area contributed by atoms with Crippen molar-refractivity contribution in [2.45, 2.75) is 35.8 Å². The van der Waals surface area contributed by atoms with Crippen molar-refractivity contribution < 1.29 is 9.53 Å². The number of rotatable bonds is 1. The van der Waals surface area contributed by atoms with Gasteiger partial charge in [0.1, 0.15) is 18.2 Å². The third-order valence-corrected chi connectivity index (χ3v) is 7.44. The summed E-state index contributed by atoms with van der Waals surface area (Å²) in [6, 6.07) is 6.24. The third kappa shape index (κ3) is 4.68. The van der Waals surface area contributed by atoms with Gasteiger partial charge in [0.2, 0.25) is 5.91 Å². The zero-order chi connectivity index (χ0) is 23.8. The van der Waals surface area contributed by atoms with Gasteiger partial charge in [-0.3, -0.25) is 14.7 Å². The Hall–Kier alpha value is -2.53. The number of hydrogen-bond donors (Lipinski definition) is 1. The molecule has 5 rings (SSSR count). The standard InChI is InChI=1S/C25H29IN6O2/c1-15-27-10-16(11-28-15)20-4-5-22-21-8-19(12-29-22)30-18-6-7-31(2)23(9-18)25(33)32(3)13-17(26)14-34-24(20)21/h4-5,8,10-12,17-18,23,30H,6-7,9,13-14H2,1-3H3/t17?,18-,23-/m0/s1. The topological polar surface area (TPSA) is 83.5 Å². The second-order valence-corrected chi connectivity index (χ2v) is 11.0. The molecule has 0 aliphatic carbocycles. The number of likely N-dealkylation sites (tertiary alicyclic amines) is 1. The molecular weight excluding hydrogens is 543 g/mol. The second kappa shape index (κ2) is 9.61. The van der Waals surface area contributed by atoms with Gasteiger partial charge in [-0.2, -0.15) is 0 Å². The van der Waals surface area contributed by atoms with Crippen LogP contribution in [-0.2, 0) is 4.79 Å². The van der Waals surface area contributed by atoms with Gasteiger partial charge in [-0.1, -0.05) is 22.6 Å². The number of nitrogens with zero attached hydrogens (tertiary/aromatic N) is 5. The maximum Gasteiger partial charge on any atom is 0.239 e. The summed E-state index contributed by atoms with van der Waals surface area (Å²) in [4.78, 5) is 30.8. The van der Waals surface area contributed by atoms with E-state index in [0.717, 1.165) is 58.7 Å². The Kier molecular flexibility index (Phi) is 6.57. The second-order valence-electron chi connectivity index (χ2n) is 9.24. The van der Waals surface area contributed by atoms with Gasteiger partial charge in [0, 0.05) is 55.1 Å². The van der Waals surface area contributed by atoms with Crippen molar-refractivity contribution in [3.05, 3.63) is 42.6 Å². The number of anilines is 1. The number of amides is 1. The molecule has 3 atom stereocenters. The van der Waals surface area contributed by atoms with Gasteiger partial charge in [-0.05, 0) is 45.0 Å². The molecule has 3 aromatic rings. The predicted molar refractivity (Wildman–Crippen MR) is 142 cm³/mol. The summed E-state index contributed by atoms with van der Waals surface area (Å²) in [6.45, 7) is 3.85. The molecular formula is C25H29IN6O2. The van der Waals surface area contributed by atoms with Crippen LogP contribution in [-0.4, -0.2) is 80.5 Å². The van der Waals surface area contributed by atoms with E-state index < -0.39 is 0 Å². The summed E-state index contributed by atoms with van der Waals surface area (Å²) in [5, 5.41) is 4.59. The lowest BCUT2D eigenvalue weighted by Gasteiger charge is -2.39. The number of likely N-dealkylation sites (N-methyl/N-ethyl adjacent to an activating group) is 2. The van der Waals surface area contributed by atoms with Crippen LogP contribution in [0.25, 0.3) is 22.0 Å². The number of halogens is 1. The zero-order valence-corrected chi connectivity index (χ0v) is 21.8. The van der Waals surface area contributed by atoms with Crippen molar-refractivity contribution in [2.24, 2.45) is 0 Å². The van der Waals surface area contributed by atoms with Gasteiger partial charge in [0.25, 0.3) is 0 Å². The van der Waals surface area contributed by atoms with E-state index in [-0.39, 0.29) is 21.9 Å². The lowest BCUT2D eigenvalue weighted by Crippen LogP contribution is -2.53. The van der Waals surface area contributed by atoms with Crippen molar-refractivity contribution in [3.63, 3.8) is 0 Å². The van der Waals surface area contributed by atoms with Gasteiger partial charge in [0.05, 0.1) is 27.4 Å². The normalized spacial score (nSPS) is 23.9. The fourth-order valence-corrected chi connectivity index (χ4v) is 5.54. The molecule has 2 aromatic heterocycles. The highest BCUT2D eigenvalue weighted by atomic mass is 127. The molecule has 2 aliphatic rings. The van der Waals surface area contributed by atoms with Crippen LogP contribution >= 0.6 is 22.6 Å². The molecule has 1 saturated heterocycles. The third-order valence-electron chi connectivity index (χ3n) is 6.69. The van der Waals surface area contributed by atoms with Crippen LogP contribution in [0.1, 0.15) is 18.7 Å². The highest BCUT2D eigenvalue weighted by Gasteiger charge is 2.33. The molecule has 1 aromatic carbocycles. The first-order chi connectivity index (χ1) is 16.4. The monoisotopic (exact) mass is 572 g/mol. The summed E-state index contributed by atoms with van der Waals surface area (Å²) >= 11 is 2.38. The Morgan fingerprint density at radius 1 is 1.15 bits per heavy atom. The number of fused-ring (bicyclic) bond motifs is 3. The summed E-state index contributed by atoms with van der Waals surface area (Å²) in [7, 11) is 3.94. The number of aromatic nitrogens is 3. The molecule has 34 heavy (non-hydrogen) atoms. The average molecular weight is 572 g/mol. The maximum atomic E-state index is 13.3. The molecule has 0 radical (unpaired) electrons.